The van der Waals surface area contributed by atoms with Gasteiger partial charge in [-0.15, -0.1) is 0 Å². The van der Waals surface area contributed by atoms with Gasteiger partial charge in [-0.2, -0.15) is 0 Å². The molecule has 0 unspecified atom stereocenters. The molecule has 0 aliphatic carbocycles. The molecule has 0 aromatic carbocycles. The first-order valence-electron chi connectivity index (χ1n) is 5.83. The molecule has 0 radical (unpaired) electrons. The highest BCUT2D eigenvalue weighted by molar-refractivity contribution is 5.79. The highest BCUT2D eigenvalue weighted by Gasteiger charge is 2.34. The molecular weight excluding hydrogens is 192 g/mol. The monoisotopic (exact) mass is 212 g/mol. The van der Waals surface area contributed by atoms with Crippen molar-refractivity contribution in [2.24, 2.45) is 5.92 Å². The van der Waals surface area contributed by atoms with Gasteiger partial charge in [-0.3, -0.25) is 4.79 Å². The number of nitrogens with zero attached hydrogens (tertiary/aromatic N) is 1. The Hall–Kier alpha value is -0.610. The van der Waals surface area contributed by atoms with Crippen LogP contribution in [0.15, 0.2) is 0 Å². The van der Waals surface area contributed by atoms with E-state index >= 15 is 0 Å². The molecule has 2 saturated heterocycles. The fourth-order valence-corrected chi connectivity index (χ4v) is 2.34. The van der Waals surface area contributed by atoms with E-state index in [4.69, 9.17) is 4.74 Å². The van der Waals surface area contributed by atoms with Crippen molar-refractivity contribution in [3.8, 4) is 0 Å². The molecule has 0 bridgehead atoms. The number of carbonyl (C=O) groups is 1. The lowest BCUT2D eigenvalue weighted by atomic mass is 10.0. The van der Waals surface area contributed by atoms with E-state index in [1.807, 2.05) is 11.8 Å². The first kappa shape index (κ1) is 10.9. The lowest BCUT2D eigenvalue weighted by Gasteiger charge is -2.39. The van der Waals surface area contributed by atoms with Gasteiger partial charge in [-0.05, 0) is 26.8 Å². The number of rotatable bonds is 1. The predicted octanol–water partition coefficient (Wildman–Crippen LogP) is 0.232. The third kappa shape index (κ3) is 2.16. The molecule has 0 aromatic rings. The normalized spacial score (nSPS) is 36.9. The molecule has 4 heteroatoms. The van der Waals surface area contributed by atoms with E-state index in [0.717, 1.165) is 26.1 Å². The molecule has 2 aliphatic heterocycles. The smallest absolute Gasteiger partial charge is 0.227 e. The van der Waals surface area contributed by atoms with E-state index in [1.54, 1.807) is 0 Å². The molecule has 2 heterocycles. The van der Waals surface area contributed by atoms with Crippen LogP contribution in [0.2, 0.25) is 0 Å². The van der Waals surface area contributed by atoms with Crippen molar-refractivity contribution in [1.29, 1.82) is 0 Å². The van der Waals surface area contributed by atoms with Gasteiger partial charge < -0.3 is 15.0 Å². The minimum Gasteiger partial charge on any atom is -0.375 e. The molecule has 86 valence electrons. The maximum Gasteiger partial charge on any atom is 0.227 e. The number of amides is 1. The van der Waals surface area contributed by atoms with Crippen molar-refractivity contribution >= 4 is 5.91 Å². The molecule has 2 fully saturated rings. The molecule has 4 nitrogen and oxygen atoms in total. The van der Waals surface area contributed by atoms with E-state index in [1.165, 1.54) is 0 Å². The van der Waals surface area contributed by atoms with Crippen molar-refractivity contribution in [1.82, 2.24) is 10.2 Å². The lowest BCUT2D eigenvalue weighted by Crippen LogP contribution is -2.53. The standard InChI is InChI=1S/C11H20N2O2/c1-8-9(2)15-6-5-13(8)11(14)10-3-4-12-7-10/h8-10,12H,3-7H2,1-2H3/t8-,9+,10+/m1/s1. The second kappa shape index (κ2) is 4.49. The van der Waals surface area contributed by atoms with Crippen LogP contribution in [-0.2, 0) is 9.53 Å². The zero-order valence-corrected chi connectivity index (χ0v) is 9.53. The van der Waals surface area contributed by atoms with Crippen molar-refractivity contribution < 1.29 is 9.53 Å². The zero-order chi connectivity index (χ0) is 10.8. The quantitative estimate of drug-likeness (QED) is 0.676. The highest BCUT2D eigenvalue weighted by Crippen LogP contribution is 2.19. The van der Waals surface area contributed by atoms with Gasteiger partial charge in [0.2, 0.25) is 5.91 Å². The van der Waals surface area contributed by atoms with Crippen LogP contribution in [0.1, 0.15) is 20.3 Å². The summed E-state index contributed by atoms with van der Waals surface area (Å²) in [6.45, 7) is 7.36. The van der Waals surface area contributed by atoms with Crippen LogP contribution in [0.25, 0.3) is 0 Å². The third-order valence-electron chi connectivity index (χ3n) is 3.58. The number of ether oxygens (including phenoxy) is 1. The Bertz CT molecular complexity index is 239. The third-order valence-corrected chi connectivity index (χ3v) is 3.58. The largest absolute Gasteiger partial charge is 0.375 e. The SMILES string of the molecule is C[C@@H]1OCCN(C(=O)[C@H]2CCNC2)[C@@H]1C. The van der Waals surface area contributed by atoms with Crippen molar-refractivity contribution in [3.63, 3.8) is 0 Å². The average molecular weight is 212 g/mol. The molecular formula is C11H20N2O2. The first-order chi connectivity index (χ1) is 7.20. The highest BCUT2D eigenvalue weighted by atomic mass is 16.5. The van der Waals surface area contributed by atoms with Crippen LogP contribution in [-0.4, -0.2) is 49.2 Å². The molecule has 0 saturated carbocycles. The van der Waals surface area contributed by atoms with E-state index in [2.05, 4.69) is 12.2 Å². The second-order valence-corrected chi connectivity index (χ2v) is 4.54. The summed E-state index contributed by atoms with van der Waals surface area (Å²) < 4.78 is 5.52. The first-order valence-corrected chi connectivity index (χ1v) is 5.83. The van der Waals surface area contributed by atoms with Gasteiger partial charge in [0.25, 0.3) is 0 Å². The van der Waals surface area contributed by atoms with Crippen LogP contribution in [0.5, 0.6) is 0 Å². The van der Waals surface area contributed by atoms with Gasteiger partial charge in [-0.25, -0.2) is 0 Å². The van der Waals surface area contributed by atoms with Crippen LogP contribution in [0, 0.1) is 5.92 Å². The molecule has 0 aromatic heterocycles. The van der Waals surface area contributed by atoms with Crippen LogP contribution in [0.3, 0.4) is 0 Å². The Morgan fingerprint density at radius 2 is 2.27 bits per heavy atom. The van der Waals surface area contributed by atoms with E-state index in [-0.39, 0.29) is 18.1 Å². The minimum absolute atomic E-state index is 0.164. The maximum absolute atomic E-state index is 12.2. The molecule has 3 atom stereocenters. The summed E-state index contributed by atoms with van der Waals surface area (Å²) in [6.07, 6.45) is 1.15. The molecule has 15 heavy (non-hydrogen) atoms. The molecule has 2 aliphatic rings. The van der Waals surface area contributed by atoms with Gasteiger partial charge in [-0.1, -0.05) is 0 Å². The Labute approximate surface area is 91.0 Å². The Kier molecular flexibility index (Phi) is 3.26. The predicted molar refractivity (Wildman–Crippen MR) is 57.6 cm³/mol. The average Bonchev–Trinajstić information content (AvgIpc) is 2.74. The molecule has 2 rings (SSSR count). The summed E-state index contributed by atoms with van der Waals surface area (Å²) in [7, 11) is 0. The summed E-state index contributed by atoms with van der Waals surface area (Å²) in [5.74, 6) is 0.500. The van der Waals surface area contributed by atoms with E-state index < -0.39 is 0 Å². The summed E-state index contributed by atoms with van der Waals surface area (Å²) in [4.78, 5) is 14.2. The fraction of sp³-hybridized carbons (Fsp3) is 0.909. The topological polar surface area (TPSA) is 41.6 Å². The Balaban J connectivity index is 1.98. The van der Waals surface area contributed by atoms with Gasteiger partial charge in [0.05, 0.1) is 24.7 Å². The number of nitrogens with one attached hydrogen (secondary N) is 1. The summed E-state index contributed by atoms with van der Waals surface area (Å²) in [5, 5.41) is 3.24. The second-order valence-electron chi connectivity index (χ2n) is 4.54. The molecule has 0 spiro atoms. The van der Waals surface area contributed by atoms with Gasteiger partial charge >= 0.3 is 0 Å². The molecule has 1 amide bonds. The number of morpholine rings is 1. The summed E-state index contributed by atoms with van der Waals surface area (Å²) >= 11 is 0. The summed E-state index contributed by atoms with van der Waals surface area (Å²) in [5.41, 5.74) is 0. The Morgan fingerprint density at radius 3 is 2.93 bits per heavy atom. The van der Waals surface area contributed by atoms with Crippen LogP contribution < -0.4 is 5.32 Å². The zero-order valence-electron chi connectivity index (χ0n) is 9.53. The van der Waals surface area contributed by atoms with Crippen molar-refractivity contribution in [2.75, 3.05) is 26.2 Å². The number of hydrogen-bond acceptors (Lipinski definition) is 3. The van der Waals surface area contributed by atoms with Crippen molar-refractivity contribution in [2.45, 2.75) is 32.4 Å². The Morgan fingerprint density at radius 1 is 1.47 bits per heavy atom. The van der Waals surface area contributed by atoms with Crippen molar-refractivity contribution in [3.05, 3.63) is 0 Å². The van der Waals surface area contributed by atoms with Gasteiger partial charge in [0.1, 0.15) is 0 Å². The van der Waals surface area contributed by atoms with E-state index in [0.29, 0.717) is 12.5 Å². The summed E-state index contributed by atoms with van der Waals surface area (Å²) in [6, 6.07) is 0.215. The number of hydrogen-bond donors (Lipinski definition) is 1. The maximum atomic E-state index is 12.2. The minimum atomic E-state index is 0.164. The van der Waals surface area contributed by atoms with Crippen LogP contribution in [0.4, 0.5) is 0 Å². The fourth-order valence-electron chi connectivity index (χ4n) is 2.34. The molecule has 1 N–H and O–H groups in total. The van der Waals surface area contributed by atoms with Gasteiger partial charge in [0, 0.05) is 13.1 Å². The van der Waals surface area contributed by atoms with E-state index in [9.17, 15) is 4.79 Å². The van der Waals surface area contributed by atoms with Gasteiger partial charge in [0.15, 0.2) is 0 Å². The number of carbonyl (C=O) groups excluding carboxylic acids is 1. The lowest BCUT2D eigenvalue weighted by molar-refractivity contribution is -0.147. The van der Waals surface area contributed by atoms with Crippen LogP contribution >= 0.6 is 0 Å².